The first-order valence-electron chi connectivity index (χ1n) is 10.8. The number of carbonyl (C=O) groups is 1. The molecule has 1 amide bonds. The monoisotopic (exact) mass is 415 g/mol. The molecule has 7 heteroatoms. The molecule has 3 heterocycles. The van der Waals surface area contributed by atoms with E-state index in [1.54, 1.807) is 0 Å². The van der Waals surface area contributed by atoms with Gasteiger partial charge in [-0.25, -0.2) is 0 Å². The molecule has 6 nitrogen and oxygen atoms in total. The van der Waals surface area contributed by atoms with Gasteiger partial charge in [-0.3, -0.25) is 19.6 Å². The second-order valence-electron chi connectivity index (χ2n) is 8.40. The number of amidine groups is 1. The lowest BCUT2D eigenvalue weighted by molar-refractivity contribution is -0.134. The van der Waals surface area contributed by atoms with Gasteiger partial charge in [0.15, 0.2) is 5.17 Å². The standard InChI is InChI=1S/C22H33N5OS/c1-18-5-3-4-6-20(18)16-24-7-11-26(12-8-24)21(28)17-25-9-13-27(14-10-25)22-23-15-19(2)29-22/h3-6,19H,7-17H2,1-2H3/t19-/m1/s1. The van der Waals surface area contributed by atoms with Crippen LogP contribution < -0.4 is 0 Å². The van der Waals surface area contributed by atoms with Crippen LogP contribution in [0, 0.1) is 6.92 Å². The van der Waals surface area contributed by atoms with Crippen molar-refractivity contribution in [3.63, 3.8) is 0 Å². The largest absolute Gasteiger partial charge is 0.349 e. The van der Waals surface area contributed by atoms with Crippen molar-refractivity contribution in [2.45, 2.75) is 25.6 Å². The number of thioether (sulfide) groups is 1. The molecule has 0 radical (unpaired) electrons. The number of nitrogens with zero attached hydrogens (tertiary/aromatic N) is 5. The van der Waals surface area contributed by atoms with Gasteiger partial charge in [0.2, 0.25) is 5.91 Å². The fourth-order valence-corrected chi connectivity index (χ4v) is 5.20. The van der Waals surface area contributed by atoms with Crippen LogP contribution in [0.25, 0.3) is 0 Å². The number of piperazine rings is 2. The van der Waals surface area contributed by atoms with E-state index in [0.717, 1.165) is 65.4 Å². The molecule has 3 aliphatic rings. The van der Waals surface area contributed by atoms with E-state index >= 15 is 0 Å². The quantitative estimate of drug-likeness (QED) is 0.750. The molecule has 2 saturated heterocycles. The molecule has 29 heavy (non-hydrogen) atoms. The van der Waals surface area contributed by atoms with E-state index in [0.29, 0.717) is 11.8 Å². The Bertz CT molecular complexity index is 738. The average molecular weight is 416 g/mol. The molecule has 0 bridgehead atoms. The summed E-state index contributed by atoms with van der Waals surface area (Å²) in [5.74, 6) is 0.287. The van der Waals surface area contributed by atoms with Gasteiger partial charge in [0.25, 0.3) is 0 Å². The van der Waals surface area contributed by atoms with Gasteiger partial charge in [0.05, 0.1) is 13.1 Å². The average Bonchev–Trinajstić information content (AvgIpc) is 3.17. The Balaban J connectivity index is 1.18. The first-order chi connectivity index (χ1) is 14.1. The van der Waals surface area contributed by atoms with Crippen LogP contribution in [-0.2, 0) is 11.3 Å². The number of aryl methyl sites for hydroxylation is 1. The minimum absolute atomic E-state index is 0.287. The Morgan fingerprint density at radius 1 is 1.03 bits per heavy atom. The molecule has 0 spiro atoms. The van der Waals surface area contributed by atoms with Gasteiger partial charge in [0.1, 0.15) is 0 Å². The Morgan fingerprint density at radius 2 is 1.72 bits per heavy atom. The van der Waals surface area contributed by atoms with Gasteiger partial charge < -0.3 is 9.80 Å². The Hall–Kier alpha value is -1.57. The maximum atomic E-state index is 12.8. The van der Waals surface area contributed by atoms with Crippen LogP contribution in [-0.4, -0.2) is 101 Å². The van der Waals surface area contributed by atoms with Crippen LogP contribution in [0.1, 0.15) is 18.1 Å². The summed E-state index contributed by atoms with van der Waals surface area (Å²) in [4.78, 5) is 26.7. The summed E-state index contributed by atoms with van der Waals surface area (Å²) in [6.07, 6.45) is 0. The Labute approximate surface area is 178 Å². The number of amides is 1. The summed E-state index contributed by atoms with van der Waals surface area (Å²) in [6, 6.07) is 8.59. The van der Waals surface area contributed by atoms with Crippen LogP contribution in [0.3, 0.4) is 0 Å². The smallest absolute Gasteiger partial charge is 0.236 e. The van der Waals surface area contributed by atoms with Gasteiger partial charge in [0, 0.05) is 64.2 Å². The SMILES string of the molecule is Cc1ccccc1CN1CCN(C(=O)CN2CCN(C3=NC[C@@H](C)S3)CC2)CC1. The summed E-state index contributed by atoms with van der Waals surface area (Å²) in [5, 5.41) is 1.81. The topological polar surface area (TPSA) is 42.4 Å². The molecule has 0 N–H and O–H groups in total. The van der Waals surface area contributed by atoms with Crippen molar-refractivity contribution < 1.29 is 4.79 Å². The van der Waals surface area contributed by atoms with E-state index in [2.05, 4.69) is 62.7 Å². The molecule has 4 rings (SSSR count). The van der Waals surface area contributed by atoms with Crippen LogP contribution in [0.15, 0.2) is 29.3 Å². The third-order valence-corrected chi connectivity index (χ3v) is 7.32. The molecule has 0 saturated carbocycles. The van der Waals surface area contributed by atoms with Crippen molar-refractivity contribution >= 4 is 22.8 Å². The van der Waals surface area contributed by atoms with Crippen LogP contribution >= 0.6 is 11.8 Å². The highest BCUT2D eigenvalue weighted by Crippen LogP contribution is 2.23. The van der Waals surface area contributed by atoms with Crippen LogP contribution in [0.2, 0.25) is 0 Å². The van der Waals surface area contributed by atoms with Crippen molar-refractivity contribution in [3.05, 3.63) is 35.4 Å². The summed E-state index contributed by atoms with van der Waals surface area (Å²) in [6.45, 7) is 14.4. The molecule has 0 aliphatic carbocycles. The molecule has 3 aliphatic heterocycles. The first-order valence-corrected chi connectivity index (χ1v) is 11.7. The number of aliphatic imine (C=N–C) groups is 1. The predicted octanol–water partition coefficient (Wildman–Crippen LogP) is 1.75. The highest BCUT2D eigenvalue weighted by molar-refractivity contribution is 8.14. The third kappa shape index (κ3) is 5.32. The zero-order valence-electron chi connectivity index (χ0n) is 17.7. The molecule has 0 aromatic heterocycles. The Morgan fingerprint density at radius 3 is 2.38 bits per heavy atom. The number of hydrogen-bond donors (Lipinski definition) is 0. The normalized spacial score (nSPS) is 24.1. The molecular weight excluding hydrogens is 382 g/mol. The fourth-order valence-electron chi connectivity index (χ4n) is 4.21. The zero-order chi connectivity index (χ0) is 20.2. The summed E-state index contributed by atoms with van der Waals surface area (Å²) in [5.41, 5.74) is 2.74. The van der Waals surface area contributed by atoms with Crippen molar-refractivity contribution in [2.24, 2.45) is 4.99 Å². The second kappa shape index (κ2) is 9.49. The van der Waals surface area contributed by atoms with Crippen LogP contribution in [0.5, 0.6) is 0 Å². The molecule has 1 aromatic carbocycles. The third-order valence-electron chi connectivity index (χ3n) is 6.17. The van der Waals surface area contributed by atoms with Gasteiger partial charge in [-0.15, -0.1) is 0 Å². The molecule has 1 atom stereocenters. The lowest BCUT2D eigenvalue weighted by atomic mass is 10.1. The lowest BCUT2D eigenvalue weighted by Gasteiger charge is -2.38. The van der Waals surface area contributed by atoms with Gasteiger partial charge in [-0.05, 0) is 18.1 Å². The number of carbonyl (C=O) groups excluding carboxylic acids is 1. The Kier molecular flexibility index (Phi) is 6.77. The van der Waals surface area contributed by atoms with E-state index in [9.17, 15) is 4.79 Å². The molecule has 2 fully saturated rings. The highest BCUT2D eigenvalue weighted by atomic mass is 32.2. The fraction of sp³-hybridized carbons (Fsp3) is 0.636. The minimum atomic E-state index is 0.287. The lowest BCUT2D eigenvalue weighted by Crippen LogP contribution is -2.54. The van der Waals surface area contributed by atoms with Gasteiger partial charge in [-0.1, -0.05) is 43.0 Å². The maximum Gasteiger partial charge on any atom is 0.236 e. The van der Waals surface area contributed by atoms with E-state index < -0.39 is 0 Å². The van der Waals surface area contributed by atoms with E-state index in [4.69, 9.17) is 0 Å². The molecular formula is C22H33N5OS. The summed E-state index contributed by atoms with van der Waals surface area (Å²) >= 11 is 1.89. The van der Waals surface area contributed by atoms with Gasteiger partial charge >= 0.3 is 0 Å². The minimum Gasteiger partial charge on any atom is -0.349 e. The van der Waals surface area contributed by atoms with E-state index in [-0.39, 0.29) is 5.91 Å². The second-order valence-corrected chi connectivity index (χ2v) is 9.80. The number of rotatable bonds is 4. The van der Waals surface area contributed by atoms with E-state index in [1.807, 2.05) is 11.8 Å². The maximum absolute atomic E-state index is 12.8. The molecule has 158 valence electrons. The number of hydrogen-bond acceptors (Lipinski definition) is 6. The van der Waals surface area contributed by atoms with Crippen LogP contribution in [0.4, 0.5) is 0 Å². The van der Waals surface area contributed by atoms with Gasteiger partial charge in [-0.2, -0.15) is 0 Å². The van der Waals surface area contributed by atoms with Crippen molar-refractivity contribution in [2.75, 3.05) is 65.4 Å². The summed E-state index contributed by atoms with van der Waals surface area (Å²) in [7, 11) is 0. The number of benzene rings is 1. The molecule has 1 aromatic rings. The van der Waals surface area contributed by atoms with E-state index in [1.165, 1.54) is 16.3 Å². The molecule has 0 unspecified atom stereocenters. The highest BCUT2D eigenvalue weighted by Gasteiger charge is 2.27. The first kappa shape index (κ1) is 20.7. The zero-order valence-corrected chi connectivity index (χ0v) is 18.5. The van der Waals surface area contributed by atoms with Crippen molar-refractivity contribution in [1.29, 1.82) is 0 Å². The van der Waals surface area contributed by atoms with Crippen molar-refractivity contribution in [1.82, 2.24) is 19.6 Å². The predicted molar refractivity (Wildman–Crippen MR) is 120 cm³/mol. The summed E-state index contributed by atoms with van der Waals surface area (Å²) < 4.78 is 0. The van der Waals surface area contributed by atoms with Crippen molar-refractivity contribution in [3.8, 4) is 0 Å².